The Balaban J connectivity index is 1.59. The molecule has 3 heterocycles. The van der Waals surface area contributed by atoms with Crippen LogP contribution in [0.2, 0.25) is 0 Å². The van der Waals surface area contributed by atoms with Crippen LogP contribution in [0.4, 0.5) is 4.79 Å². The third-order valence-electron chi connectivity index (χ3n) is 6.19. The van der Waals surface area contributed by atoms with Gasteiger partial charge in [0.15, 0.2) is 0 Å². The lowest BCUT2D eigenvalue weighted by atomic mass is 9.90. The van der Waals surface area contributed by atoms with Crippen LogP contribution in [-0.2, 0) is 13.1 Å². The lowest BCUT2D eigenvalue weighted by Crippen LogP contribution is -2.53. The minimum atomic E-state index is -0.0800. The molecule has 3 amide bonds. The number of nitrogens with one attached hydrogen (secondary N) is 1. The summed E-state index contributed by atoms with van der Waals surface area (Å²) in [5.41, 5.74) is 5.62. The van der Waals surface area contributed by atoms with Crippen molar-refractivity contribution in [3.05, 3.63) is 70.9 Å². The summed E-state index contributed by atoms with van der Waals surface area (Å²) in [6.45, 7) is 2.91. The van der Waals surface area contributed by atoms with Crippen molar-refractivity contribution in [2.45, 2.75) is 19.0 Å². The number of rotatable bonds is 3. The quantitative estimate of drug-likeness (QED) is 0.750. The van der Waals surface area contributed by atoms with Gasteiger partial charge in [-0.3, -0.25) is 4.79 Å². The zero-order chi connectivity index (χ0) is 20.1. The van der Waals surface area contributed by atoms with Crippen molar-refractivity contribution in [2.75, 3.05) is 27.2 Å². The minimum absolute atomic E-state index is 0.0800. The molecule has 3 aromatic rings. The van der Waals surface area contributed by atoms with Gasteiger partial charge in [0.25, 0.3) is 5.91 Å². The fourth-order valence-electron chi connectivity index (χ4n) is 4.83. The van der Waals surface area contributed by atoms with Gasteiger partial charge in [-0.25, -0.2) is 4.79 Å². The third-order valence-corrected chi connectivity index (χ3v) is 6.19. The van der Waals surface area contributed by atoms with E-state index >= 15 is 0 Å². The molecule has 29 heavy (non-hydrogen) atoms. The molecule has 0 aliphatic carbocycles. The standard InChI is InChI=1S/C23H24N4O2/c1-24-22(28)16-9-7-15(8-10-16)11-27-19-6-4-3-5-18(19)21-17-12-25(2)23(29)26(13-17)14-20(21)27/h3-10,17H,11-14H2,1-2H3,(H,24,28). The summed E-state index contributed by atoms with van der Waals surface area (Å²) in [5.74, 6) is 0.256. The Morgan fingerprint density at radius 1 is 1.10 bits per heavy atom. The summed E-state index contributed by atoms with van der Waals surface area (Å²) < 4.78 is 2.34. The summed E-state index contributed by atoms with van der Waals surface area (Å²) in [7, 11) is 3.53. The zero-order valence-corrected chi connectivity index (χ0v) is 16.7. The number of hydrogen-bond donors (Lipinski definition) is 1. The maximum atomic E-state index is 12.6. The lowest BCUT2D eigenvalue weighted by Gasteiger charge is -2.42. The van der Waals surface area contributed by atoms with Crippen LogP contribution in [0.5, 0.6) is 0 Å². The number of fused-ring (bicyclic) bond motifs is 6. The minimum Gasteiger partial charge on any atom is -0.355 e. The van der Waals surface area contributed by atoms with Crippen molar-refractivity contribution < 1.29 is 9.59 Å². The second-order valence-electron chi connectivity index (χ2n) is 7.98. The number of likely N-dealkylation sites (N-methyl/N-ethyl adjacent to an activating group) is 1. The number of nitrogens with zero attached hydrogens (tertiary/aromatic N) is 3. The molecule has 2 bridgehead atoms. The maximum Gasteiger partial charge on any atom is 0.320 e. The van der Waals surface area contributed by atoms with E-state index in [1.165, 1.54) is 22.2 Å². The van der Waals surface area contributed by atoms with Crippen LogP contribution in [-0.4, -0.2) is 53.5 Å². The second-order valence-corrected chi connectivity index (χ2v) is 7.98. The van der Waals surface area contributed by atoms with Crippen LogP contribution >= 0.6 is 0 Å². The van der Waals surface area contributed by atoms with Gasteiger partial charge in [0, 0.05) is 61.8 Å². The van der Waals surface area contributed by atoms with Crippen molar-refractivity contribution in [1.29, 1.82) is 0 Å². The first-order chi connectivity index (χ1) is 14.1. The Bertz CT molecular complexity index is 1120. The van der Waals surface area contributed by atoms with E-state index in [9.17, 15) is 9.59 Å². The Kier molecular flexibility index (Phi) is 4.08. The van der Waals surface area contributed by atoms with Gasteiger partial charge >= 0.3 is 6.03 Å². The number of carbonyl (C=O) groups is 2. The molecule has 1 saturated heterocycles. The highest BCUT2D eigenvalue weighted by Crippen LogP contribution is 2.40. The first-order valence-electron chi connectivity index (χ1n) is 9.98. The van der Waals surface area contributed by atoms with Gasteiger partial charge in [-0.2, -0.15) is 0 Å². The van der Waals surface area contributed by atoms with Crippen molar-refractivity contribution in [1.82, 2.24) is 19.7 Å². The van der Waals surface area contributed by atoms with E-state index in [1.54, 1.807) is 7.05 Å². The normalized spacial score (nSPS) is 18.1. The molecular weight excluding hydrogens is 364 g/mol. The van der Waals surface area contributed by atoms with Gasteiger partial charge in [0.2, 0.25) is 0 Å². The molecule has 6 nitrogen and oxygen atoms in total. The fraction of sp³-hybridized carbons (Fsp3) is 0.304. The molecule has 2 aliphatic rings. The van der Waals surface area contributed by atoms with E-state index in [0.717, 1.165) is 18.7 Å². The molecule has 1 aromatic heterocycles. The highest BCUT2D eigenvalue weighted by Gasteiger charge is 2.38. The number of benzene rings is 2. The molecule has 5 rings (SSSR count). The Hall–Kier alpha value is -3.28. The van der Waals surface area contributed by atoms with Crippen LogP contribution in [0.15, 0.2) is 48.5 Å². The maximum absolute atomic E-state index is 12.6. The average Bonchev–Trinajstić information content (AvgIpc) is 3.06. The van der Waals surface area contributed by atoms with Crippen molar-refractivity contribution in [3.63, 3.8) is 0 Å². The van der Waals surface area contributed by atoms with Crippen LogP contribution in [0.3, 0.4) is 0 Å². The Morgan fingerprint density at radius 3 is 2.62 bits per heavy atom. The molecule has 148 valence electrons. The Labute approximate surface area is 169 Å². The molecular formula is C23H24N4O2. The van der Waals surface area contributed by atoms with Gasteiger partial charge in [-0.05, 0) is 29.3 Å². The molecule has 0 radical (unpaired) electrons. The monoisotopic (exact) mass is 388 g/mol. The molecule has 2 aliphatic heterocycles. The predicted molar refractivity (Wildman–Crippen MR) is 112 cm³/mol. The van der Waals surface area contributed by atoms with E-state index in [2.05, 4.69) is 34.1 Å². The topological polar surface area (TPSA) is 57.6 Å². The van der Waals surface area contributed by atoms with Gasteiger partial charge in [0.05, 0.1) is 6.54 Å². The van der Waals surface area contributed by atoms with Crippen molar-refractivity contribution >= 4 is 22.8 Å². The van der Waals surface area contributed by atoms with Crippen LogP contribution in [0, 0.1) is 0 Å². The number of carbonyl (C=O) groups excluding carboxylic acids is 2. The molecule has 2 aromatic carbocycles. The fourth-order valence-corrected chi connectivity index (χ4v) is 4.83. The first kappa shape index (κ1) is 17.8. The number of aromatic nitrogens is 1. The largest absolute Gasteiger partial charge is 0.355 e. The van der Waals surface area contributed by atoms with Gasteiger partial charge in [-0.15, -0.1) is 0 Å². The summed E-state index contributed by atoms with van der Waals surface area (Å²) in [6, 6.07) is 16.4. The Morgan fingerprint density at radius 2 is 1.86 bits per heavy atom. The van der Waals surface area contributed by atoms with E-state index < -0.39 is 0 Å². The van der Waals surface area contributed by atoms with E-state index in [-0.39, 0.29) is 11.9 Å². The highest BCUT2D eigenvalue weighted by molar-refractivity contribution is 5.94. The zero-order valence-electron chi connectivity index (χ0n) is 16.7. The van der Waals surface area contributed by atoms with Crippen LogP contribution < -0.4 is 5.32 Å². The van der Waals surface area contributed by atoms with Gasteiger partial charge in [0.1, 0.15) is 0 Å². The number of para-hydroxylation sites is 1. The van der Waals surface area contributed by atoms with E-state index in [0.29, 0.717) is 24.6 Å². The smallest absolute Gasteiger partial charge is 0.320 e. The molecule has 0 spiro atoms. The number of hydrogen-bond acceptors (Lipinski definition) is 2. The molecule has 1 atom stereocenters. The average molecular weight is 388 g/mol. The SMILES string of the molecule is CNC(=O)c1ccc(Cn2c3c(c4ccccc42)C2CN(C)C(=O)N(C3)C2)cc1. The molecule has 6 heteroatoms. The molecule has 1 unspecified atom stereocenters. The number of urea groups is 1. The molecule has 1 fully saturated rings. The summed E-state index contributed by atoms with van der Waals surface area (Å²) in [4.78, 5) is 28.2. The van der Waals surface area contributed by atoms with Gasteiger partial charge < -0.3 is 19.7 Å². The third kappa shape index (κ3) is 2.78. The summed E-state index contributed by atoms with van der Waals surface area (Å²) in [5, 5.41) is 3.94. The molecule has 1 N–H and O–H groups in total. The predicted octanol–water partition coefficient (Wildman–Crippen LogP) is 3.01. The van der Waals surface area contributed by atoms with Crippen molar-refractivity contribution in [3.8, 4) is 0 Å². The number of amides is 3. The second kappa shape index (κ2) is 6.65. The summed E-state index contributed by atoms with van der Waals surface area (Å²) in [6.07, 6.45) is 0. The van der Waals surface area contributed by atoms with Crippen LogP contribution in [0.1, 0.15) is 33.1 Å². The first-order valence-corrected chi connectivity index (χ1v) is 9.98. The molecule has 0 saturated carbocycles. The lowest BCUT2D eigenvalue weighted by molar-refractivity contribution is 0.0963. The van der Waals surface area contributed by atoms with E-state index in [1.807, 2.05) is 41.1 Å². The summed E-state index contributed by atoms with van der Waals surface area (Å²) >= 11 is 0. The van der Waals surface area contributed by atoms with Crippen molar-refractivity contribution in [2.24, 2.45) is 0 Å². The van der Waals surface area contributed by atoms with Gasteiger partial charge in [-0.1, -0.05) is 30.3 Å². The van der Waals surface area contributed by atoms with Crippen LogP contribution in [0.25, 0.3) is 10.9 Å². The highest BCUT2D eigenvalue weighted by atomic mass is 16.2. The van der Waals surface area contributed by atoms with E-state index in [4.69, 9.17) is 0 Å².